The summed E-state index contributed by atoms with van der Waals surface area (Å²) in [6, 6.07) is 10.9. The normalized spacial score (nSPS) is 11.4. The van der Waals surface area contributed by atoms with Gasteiger partial charge in [-0.2, -0.15) is 0 Å². The van der Waals surface area contributed by atoms with Gasteiger partial charge in [-0.15, -0.1) is 23.2 Å². The number of hydrogen-bond donors (Lipinski definition) is 2. The molecular formula is C18H18Cl2N2O. The molecule has 0 aliphatic carbocycles. The van der Waals surface area contributed by atoms with E-state index in [9.17, 15) is 0 Å². The largest absolute Gasteiger partial charge is 0.456 e. The molecule has 0 unspecified atom stereocenters. The summed E-state index contributed by atoms with van der Waals surface area (Å²) in [7, 11) is 0. The first-order chi connectivity index (χ1) is 11.1. The number of nitrogens with two attached hydrogens (primary N) is 2. The summed E-state index contributed by atoms with van der Waals surface area (Å²) in [6.07, 6.45) is 7.43. The molecule has 120 valence electrons. The number of rotatable bonds is 6. The average Bonchev–Trinajstić information content (AvgIpc) is 2.54. The second kappa shape index (κ2) is 8.51. The number of alkyl halides is 2. The highest BCUT2D eigenvalue weighted by molar-refractivity contribution is 6.19. The van der Waals surface area contributed by atoms with Gasteiger partial charge in [0.05, 0.1) is 0 Å². The van der Waals surface area contributed by atoms with Crippen LogP contribution in [-0.4, -0.2) is 11.8 Å². The van der Waals surface area contributed by atoms with Crippen molar-refractivity contribution in [3.8, 4) is 11.5 Å². The quantitative estimate of drug-likeness (QED) is 0.560. The molecule has 0 heterocycles. The SMILES string of the molecule is Nc1ccc(Oc2ccc(N)cc2C=CCCl)c(C=CCCl)c1. The van der Waals surface area contributed by atoms with Crippen molar-refractivity contribution >= 4 is 46.7 Å². The molecule has 0 radical (unpaired) electrons. The second-order valence-corrected chi connectivity index (χ2v) is 5.43. The molecule has 0 amide bonds. The maximum Gasteiger partial charge on any atom is 0.134 e. The Bertz CT molecular complexity index is 665. The topological polar surface area (TPSA) is 61.3 Å². The highest BCUT2D eigenvalue weighted by atomic mass is 35.5. The van der Waals surface area contributed by atoms with Crippen LogP contribution in [0.2, 0.25) is 0 Å². The van der Waals surface area contributed by atoms with E-state index in [1.54, 1.807) is 12.1 Å². The van der Waals surface area contributed by atoms with E-state index in [0.717, 1.165) is 11.1 Å². The number of benzene rings is 2. The molecule has 2 rings (SSSR count). The lowest BCUT2D eigenvalue weighted by Gasteiger charge is -2.12. The molecule has 0 aromatic heterocycles. The average molecular weight is 349 g/mol. The lowest BCUT2D eigenvalue weighted by Crippen LogP contribution is -1.94. The first kappa shape index (κ1) is 17.3. The molecule has 2 aromatic carbocycles. The number of ether oxygens (including phenoxy) is 1. The van der Waals surface area contributed by atoms with Crippen LogP contribution in [0.4, 0.5) is 11.4 Å². The zero-order valence-electron chi connectivity index (χ0n) is 12.5. The summed E-state index contributed by atoms with van der Waals surface area (Å²) in [4.78, 5) is 0. The van der Waals surface area contributed by atoms with Crippen LogP contribution in [0.3, 0.4) is 0 Å². The predicted molar refractivity (Wildman–Crippen MR) is 101 cm³/mol. The highest BCUT2D eigenvalue weighted by Gasteiger charge is 2.07. The van der Waals surface area contributed by atoms with Gasteiger partial charge in [0.1, 0.15) is 11.5 Å². The Labute approximate surface area is 146 Å². The van der Waals surface area contributed by atoms with Crippen LogP contribution in [0.1, 0.15) is 11.1 Å². The molecule has 0 spiro atoms. The van der Waals surface area contributed by atoms with Crippen molar-refractivity contribution < 1.29 is 4.74 Å². The van der Waals surface area contributed by atoms with Crippen LogP contribution >= 0.6 is 23.2 Å². The van der Waals surface area contributed by atoms with Crippen LogP contribution < -0.4 is 16.2 Å². The molecule has 0 aliphatic rings. The minimum Gasteiger partial charge on any atom is -0.456 e. The third-order valence-corrected chi connectivity index (χ3v) is 3.42. The number of nitrogen functional groups attached to an aromatic ring is 2. The summed E-state index contributed by atoms with van der Waals surface area (Å²) in [6.45, 7) is 0. The standard InChI is InChI=1S/C18H18Cl2N2O/c19-9-1-3-13-11-15(21)5-7-17(13)23-18-8-6-16(22)12-14(18)4-2-10-20/h1-8,11-12H,9-10,21-22H2. The minimum atomic E-state index is 0.416. The third kappa shape index (κ3) is 4.95. The van der Waals surface area contributed by atoms with Gasteiger partial charge in [0.25, 0.3) is 0 Å². The fraction of sp³-hybridized carbons (Fsp3) is 0.111. The molecule has 0 fully saturated rings. The lowest BCUT2D eigenvalue weighted by molar-refractivity contribution is 0.480. The maximum atomic E-state index is 6.04. The van der Waals surface area contributed by atoms with Crippen molar-refractivity contribution in [3.05, 3.63) is 59.7 Å². The molecule has 2 aromatic rings. The van der Waals surface area contributed by atoms with E-state index in [1.807, 2.05) is 48.6 Å². The monoisotopic (exact) mass is 348 g/mol. The Morgan fingerprint density at radius 2 is 1.22 bits per heavy atom. The van der Waals surface area contributed by atoms with Gasteiger partial charge in [-0.3, -0.25) is 0 Å². The molecular weight excluding hydrogens is 331 g/mol. The van der Waals surface area contributed by atoms with Crippen LogP contribution in [0.25, 0.3) is 12.2 Å². The van der Waals surface area contributed by atoms with Crippen LogP contribution in [-0.2, 0) is 0 Å². The Kier molecular flexibility index (Phi) is 6.39. The first-order valence-electron chi connectivity index (χ1n) is 7.06. The first-order valence-corrected chi connectivity index (χ1v) is 8.13. The fourth-order valence-electron chi connectivity index (χ4n) is 2.04. The van der Waals surface area contributed by atoms with Crippen LogP contribution in [0.5, 0.6) is 11.5 Å². The van der Waals surface area contributed by atoms with E-state index in [1.165, 1.54) is 0 Å². The van der Waals surface area contributed by atoms with Crippen molar-refractivity contribution in [2.75, 3.05) is 23.2 Å². The summed E-state index contributed by atoms with van der Waals surface area (Å²) in [5.41, 5.74) is 14.7. The van der Waals surface area contributed by atoms with Crippen molar-refractivity contribution in [3.63, 3.8) is 0 Å². The molecule has 23 heavy (non-hydrogen) atoms. The van der Waals surface area contributed by atoms with Crippen LogP contribution in [0, 0.1) is 0 Å². The third-order valence-electron chi connectivity index (χ3n) is 3.06. The summed E-state index contributed by atoms with van der Waals surface area (Å²) in [5.74, 6) is 2.20. The van der Waals surface area contributed by atoms with Crippen molar-refractivity contribution in [1.29, 1.82) is 0 Å². The van der Waals surface area contributed by atoms with Crippen molar-refractivity contribution in [2.45, 2.75) is 0 Å². The Morgan fingerprint density at radius 3 is 1.61 bits per heavy atom. The zero-order chi connectivity index (χ0) is 16.7. The van der Waals surface area contributed by atoms with Gasteiger partial charge in [-0.25, -0.2) is 0 Å². The number of halogens is 2. The van der Waals surface area contributed by atoms with Crippen molar-refractivity contribution in [2.24, 2.45) is 0 Å². The van der Waals surface area contributed by atoms with E-state index in [2.05, 4.69) is 0 Å². The summed E-state index contributed by atoms with van der Waals surface area (Å²) in [5, 5.41) is 0. The lowest BCUT2D eigenvalue weighted by atomic mass is 10.1. The molecule has 4 N–H and O–H groups in total. The Morgan fingerprint density at radius 1 is 0.783 bits per heavy atom. The maximum absolute atomic E-state index is 6.04. The van der Waals surface area contributed by atoms with E-state index in [4.69, 9.17) is 39.4 Å². The van der Waals surface area contributed by atoms with Gasteiger partial charge in [0.15, 0.2) is 0 Å². The summed E-state index contributed by atoms with van der Waals surface area (Å²) < 4.78 is 6.04. The van der Waals surface area contributed by atoms with E-state index >= 15 is 0 Å². The molecule has 0 aliphatic heterocycles. The van der Waals surface area contributed by atoms with E-state index in [-0.39, 0.29) is 0 Å². The number of allylic oxidation sites excluding steroid dienone is 2. The van der Waals surface area contributed by atoms with Gasteiger partial charge < -0.3 is 16.2 Å². The van der Waals surface area contributed by atoms with Gasteiger partial charge >= 0.3 is 0 Å². The molecule has 0 bridgehead atoms. The molecule has 0 saturated heterocycles. The van der Waals surface area contributed by atoms with Crippen LogP contribution in [0.15, 0.2) is 48.6 Å². The summed E-state index contributed by atoms with van der Waals surface area (Å²) >= 11 is 11.4. The highest BCUT2D eigenvalue weighted by Crippen LogP contribution is 2.32. The van der Waals surface area contributed by atoms with Crippen molar-refractivity contribution in [1.82, 2.24) is 0 Å². The molecule has 0 saturated carbocycles. The van der Waals surface area contributed by atoms with Gasteiger partial charge in [0, 0.05) is 34.3 Å². The van der Waals surface area contributed by atoms with Gasteiger partial charge in [0.2, 0.25) is 0 Å². The van der Waals surface area contributed by atoms with E-state index in [0.29, 0.717) is 34.6 Å². The molecule has 3 nitrogen and oxygen atoms in total. The predicted octanol–water partition coefficient (Wildman–Crippen LogP) is 5.15. The second-order valence-electron chi connectivity index (χ2n) is 4.81. The number of anilines is 2. The smallest absolute Gasteiger partial charge is 0.134 e. The Hall–Kier alpha value is -2.10. The number of hydrogen-bond acceptors (Lipinski definition) is 3. The molecule has 5 heteroatoms. The minimum absolute atomic E-state index is 0.416. The van der Waals surface area contributed by atoms with Gasteiger partial charge in [-0.05, 0) is 36.4 Å². The molecule has 0 atom stereocenters. The Balaban J connectivity index is 2.39. The zero-order valence-corrected chi connectivity index (χ0v) is 14.0. The fourth-order valence-corrected chi connectivity index (χ4v) is 2.22. The van der Waals surface area contributed by atoms with E-state index < -0.39 is 0 Å². The van der Waals surface area contributed by atoms with Gasteiger partial charge in [-0.1, -0.05) is 24.3 Å².